The molecule has 3 aliphatic rings. The summed E-state index contributed by atoms with van der Waals surface area (Å²) in [6.07, 6.45) is 1.35. The normalized spacial score (nSPS) is 25.9. The first-order chi connectivity index (χ1) is 17.2. The highest BCUT2D eigenvalue weighted by molar-refractivity contribution is 6.35. The highest BCUT2D eigenvalue weighted by Crippen LogP contribution is 2.46. The molecule has 1 aromatic rings. The zero-order valence-electron chi connectivity index (χ0n) is 22.6. The van der Waals surface area contributed by atoms with Gasteiger partial charge >= 0.3 is 11.8 Å². The Morgan fingerprint density at radius 2 is 2.06 bits per heavy atom. The van der Waals surface area contributed by atoms with Gasteiger partial charge in [0.2, 0.25) is 11.8 Å². The number of anilines is 1. The van der Waals surface area contributed by atoms with Crippen molar-refractivity contribution in [2.45, 2.75) is 70.0 Å². The number of likely N-dealkylation sites (tertiary alicyclic amines) is 1. The average Bonchev–Trinajstić information content (AvgIpc) is 3.45. The van der Waals surface area contributed by atoms with Crippen LogP contribution >= 0.6 is 0 Å². The topological polar surface area (TPSA) is 123 Å². The molecule has 9 heteroatoms. The smallest absolute Gasteiger partial charge is 0.312 e. The molecule has 34 heavy (non-hydrogen) atoms. The third-order valence-electron chi connectivity index (χ3n) is 6.64. The number of nitriles is 1. The molecule has 1 saturated heterocycles. The first kappa shape index (κ1) is 20.0. The van der Waals surface area contributed by atoms with Gasteiger partial charge in [-0.3, -0.25) is 19.2 Å². The maximum Gasteiger partial charge on any atom is 0.312 e. The summed E-state index contributed by atoms with van der Waals surface area (Å²) in [5, 5.41) is 15.3. The monoisotopic (exact) mass is 468 g/mol. The molecule has 0 unspecified atom stereocenters. The summed E-state index contributed by atoms with van der Waals surface area (Å²) >= 11 is 0. The lowest BCUT2D eigenvalue weighted by Gasteiger charge is -2.35. The van der Waals surface area contributed by atoms with Crippen LogP contribution in [0.25, 0.3) is 0 Å². The fourth-order valence-electron chi connectivity index (χ4n) is 4.77. The molecule has 0 bridgehead atoms. The van der Waals surface area contributed by atoms with Crippen molar-refractivity contribution in [3.63, 3.8) is 0 Å². The van der Waals surface area contributed by atoms with Crippen LogP contribution in [0, 0.1) is 16.7 Å². The van der Waals surface area contributed by atoms with Gasteiger partial charge in [-0.15, -0.1) is 0 Å². The van der Waals surface area contributed by atoms with Crippen LogP contribution in [-0.2, 0) is 24.6 Å². The Hall–Kier alpha value is -3.41. The average molecular weight is 469 g/mol. The van der Waals surface area contributed by atoms with E-state index in [1.807, 2.05) is 0 Å². The van der Waals surface area contributed by atoms with Crippen molar-refractivity contribution in [2.24, 2.45) is 5.41 Å². The molecular weight excluding hydrogens is 434 g/mol. The van der Waals surface area contributed by atoms with Crippen LogP contribution in [0.1, 0.15) is 56.1 Å². The largest absolute Gasteiger partial charge is 0.345 e. The fraction of sp³-hybridized carbons (Fsp3) is 0.560. The second-order valence-electron chi connectivity index (χ2n) is 10.6. The predicted octanol–water partition coefficient (Wildman–Crippen LogP) is 1.54. The second kappa shape index (κ2) is 8.42. The number of para-hydroxylation sites is 1. The zero-order valence-corrected chi connectivity index (χ0v) is 19.6. The number of nitrogens with zero attached hydrogens (tertiary/aromatic N) is 3. The van der Waals surface area contributed by atoms with Gasteiger partial charge in [0.25, 0.3) is 0 Å². The van der Waals surface area contributed by atoms with Gasteiger partial charge in [0, 0.05) is 35.8 Å². The molecule has 2 heterocycles. The van der Waals surface area contributed by atoms with E-state index >= 15 is 0 Å². The van der Waals surface area contributed by atoms with Crippen molar-refractivity contribution in [1.29, 1.82) is 5.26 Å². The van der Waals surface area contributed by atoms with E-state index in [1.165, 1.54) is 4.90 Å². The number of nitrogens with one attached hydrogen (secondary N) is 2. The first-order valence-electron chi connectivity index (χ1n) is 12.9. The molecule has 4 rings (SSSR count). The van der Waals surface area contributed by atoms with E-state index in [4.69, 9.17) is 4.11 Å². The molecule has 9 nitrogen and oxygen atoms in total. The van der Waals surface area contributed by atoms with Crippen LogP contribution in [0.5, 0.6) is 0 Å². The number of carbonyl (C=O) groups excluding carboxylic acids is 4. The molecule has 180 valence electrons. The van der Waals surface area contributed by atoms with Crippen LogP contribution in [0.4, 0.5) is 5.69 Å². The minimum Gasteiger partial charge on any atom is -0.345 e. The number of hydrogen-bond donors (Lipinski definition) is 2. The van der Waals surface area contributed by atoms with Crippen molar-refractivity contribution >= 4 is 29.3 Å². The summed E-state index contributed by atoms with van der Waals surface area (Å²) in [7, 11) is 0. The highest BCUT2D eigenvalue weighted by Gasteiger charge is 2.57. The van der Waals surface area contributed by atoms with Gasteiger partial charge in [-0.2, -0.15) is 5.26 Å². The molecular formula is C25H31N5O4. The summed E-state index contributed by atoms with van der Waals surface area (Å²) in [6, 6.07) is 6.36. The maximum atomic E-state index is 14.1. The van der Waals surface area contributed by atoms with Gasteiger partial charge in [0.15, 0.2) is 0 Å². The van der Waals surface area contributed by atoms with Crippen LogP contribution in [-0.4, -0.2) is 65.1 Å². The molecule has 0 aromatic heterocycles. The second-order valence-corrected chi connectivity index (χ2v) is 10.6. The maximum absolute atomic E-state index is 14.1. The predicted molar refractivity (Wildman–Crippen MR) is 124 cm³/mol. The molecule has 1 saturated carbocycles. The van der Waals surface area contributed by atoms with Crippen molar-refractivity contribution in [1.82, 2.24) is 15.1 Å². The standard InChI is InChI=1S/C25H31N5O4/c1-24(2,3)12-19(29(4)22(33)20(31)27-15-9-10-15)21(32)30-14-25(11-16(30)13-26)17-7-5-6-8-18(17)28-23(25)34/h5-8,15-16,19H,9-12,14H2,1-4H3,(H,27,31)(H,28,34)/t16-,19-,25-/m0/s1/i4D3. The van der Waals surface area contributed by atoms with Gasteiger partial charge in [0.05, 0.1) is 11.5 Å². The number of benzene rings is 1. The van der Waals surface area contributed by atoms with Crippen LogP contribution in [0.2, 0.25) is 0 Å². The van der Waals surface area contributed by atoms with Gasteiger partial charge in [-0.1, -0.05) is 39.0 Å². The van der Waals surface area contributed by atoms with E-state index in [1.54, 1.807) is 45.0 Å². The lowest BCUT2D eigenvalue weighted by Crippen LogP contribution is -2.55. The summed E-state index contributed by atoms with van der Waals surface area (Å²) in [6.45, 7) is 2.11. The Morgan fingerprint density at radius 3 is 2.68 bits per heavy atom. The molecule has 0 radical (unpaired) electrons. The Balaban J connectivity index is 1.72. The Morgan fingerprint density at radius 1 is 1.35 bits per heavy atom. The quantitative estimate of drug-likeness (QED) is 0.649. The minimum atomic E-state index is -3.10. The fourth-order valence-corrected chi connectivity index (χ4v) is 4.77. The van der Waals surface area contributed by atoms with E-state index in [2.05, 4.69) is 16.7 Å². The summed E-state index contributed by atoms with van der Waals surface area (Å²) in [5.74, 6) is -3.52. The number of rotatable bonds is 4. The van der Waals surface area contributed by atoms with Crippen molar-refractivity contribution in [2.75, 3.05) is 18.8 Å². The number of amides is 4. The lowest BCUT2D eigenvalue weighted by atomic mass is 9.80. The third kappa shape index (κ3) is 4.25. The Kier molecular flexibility index (Phi) is 4.96. The van der Waals surface area contributed by atoms with E-state index in [0.717, 1.165) is 0 Å². The van der Waals surface area contributed by atoms with E-state index in [0.29, 0.717) is 29.0 Å². The SMILES string of the molecule is [2H]C([2H])([2H])N(C(=O)C(=O)NC1CC1)[C@@H](CC(C)(C)C)C(=O)N1C[C@]2(C[C@H]1C#N)C(=O)Nc1ccccc12. The Labute approximate surface area is 203 Å². The molecule has 1 spiro atoms. The molecule has 2 N–H and O–H groups in total. The molecule has 1 aromatic carbocycles. The molecule has 2 aliphatic heterocycles. The summed E-state index contributed by atoms with van der Waals surface area (Å²) in [4.78, 5) is 54.5. The minimum absolute atomic E-state index is 0.0319. The third-order valence-corrected chi connectivity index (χ3v) is 6.64. The number of hydrogen-bond acceptors (Lipinski definition) is 5. The van der Waals surface area contributed by atoms with Gasteiger partial charge in [-0.25, -0.2) is 0 Å². The van der Waals surface area contributed by atoms with Crippen molar-refractivity contribution < 1.29 is 23.3 Å². The van der Waals surface area contributed by atoms with Crippen molar-refractivity contribution in [3.05, 3.63) is 29.8 Å². The molecule has 3 atom stereocenters. The number of carbonyl (C=O) groups is 4. The highest BCUT2D eigenvalue weighted by atomic mass is 16.2. The Bertz CT molecular complexity index is 1180. The van der Waals surface area contributed by atoms with Crippen LogP contribution in [0.15, 0.2) is 24.3 Å². The molecule has 2 fully saturated rings. The van der Waals surface area contributed by atoms with Crippen molar-refractivity contribution in [3.8, 4) is 6.07 Å². The first-order valence-corrected chi connectivity index (χ1v) is 11.4. The number of likely N-dealkylation sites (N-methyl/N-ethyl adjacent to an activating group) is 1. The number of fused-ring (bicyclic) bond motifs is 2. The summed E-state index contributed by atoms with van der Waals surface area (Å²) < 4.78 is 24.2. The van der Waals surface area contributed by atoms with Crippen LogP contribution in [0.3, 0.4) is 0 Å². The van der Waals surface area contributed by atoms with Gasteiger partial charge < -0.3 is 20.4 Å². The molecule has 4 amide bonds. The summed E-state index contributed by atoms with van der Waals surface area (Å²) in [5.41, 5.74) is -0.526. The van der Waals surface area contributed by atoms with Gasteiger partial charge in [0.1, 0.15) is 12.1 Å². The van der Waals surface area contributed by atoms with E-state index in [-0.39, 0.29) is 31.3 Å². The van der Waals surface area contributed by atoms with E-state index in [9.17, 15) is 24.4 Å². The zero-order chi connectivity index (χ0) is 27.3. The van der Waals surface area contributed by atoms with E-state index < -0.39 is 47.6 Å². The lowest BCUT2D eigenvalue weighted by molar-refractivity contribution is -0.151. The van der Waals surface area contributed by atoms with Crippen LogP contribution < -0.4 is 10.6 Å². The van der Waals surface area contributed by atoms with Gasteiger partial charge in [-0.05, 0) is 36.3 Å². The molecule has 1 aliphatic carbocycles.